The van der Waals surface area contributed by atoms with Gasteiger partial charge in [-0.1, -0.05) is 6.07 Å². The third-order valence-electron chi connectivity index (χ3n) is 2.80. The number of benzene rings is 1. The van der Waals surface area contributed by atoms with E-state index >= 15 is 0 Å². The number of esters is 1. The van der Waals surface area contributed by atoms with Crippen LogP contribution in [0.5, 0.6) is 0 Å². The summed E-state index contributed by atoms with van der Waals surface area (Å²) in [7, 11) is 3.63. The minimum absolute atomic E-state index is 0.135. The zero-order valence-corrected chi connectivity index (χ0v) is 13.3. The van der Waals surface area contributed by atoms with Crippen LogP contribution < -0.4 is 0 Å². The first-order valence-electron chi connectivity index (χ1n) is 6.70. The molecule has 0 atom stereocenters. The summed E-state index contributed by atoms with van der Waals surface area (Å²) in [6.45, 7) is 2.30. The highest BCUT2D eigenvalue weighted by Gasteiger charge is 2.23. The van der Waals surface area contributed by atoms with Gasteiger partial charge in [-0.05, 0) is 33.2 Å². The van der Waals surface area contributed by atoms with Gasteiger partial charge in [0.2, 0.25) is 0 Å². The first-order chi connectivity index (χ1) is 10.4. The Bertz CT molecular complexity index is 666. The van der Waals surface area contributed by atoms with Crippen LogP contribution in [0.3, 0.4) is 0 Å². The van der Waals surface area contributed by atoms with E-state index in [1.165, 1.54) is 6.07 Å². The summed E-state index contributed by atoms with van der Waals surface area (Å²) in [4.78, 5) is 18.3. The number of halogens is 2. The molecule has 118 valence electrons. The van der Waals surface area contributed by atoms with E-state index in [4.69, 9.17) is 4.74 Å². The molecular formula is C15H16F2N2O2S. The lowest BCUT2D eigenvalue weighted by atomic mass is 10.2. The van der Waals surface area contributed by atoms with Gasteiger partial charge in [0.1, 0.15) is 21.5 Å². The maximum absolute atomic E-state index is 13.9. The van der Waals surface area contributed by atoms with Crippen molar-refractivity contribution >= 4 is 17.3 Å². The van der Waals surface area contributed by atoms with E-state index in [0.29, 0.717) is 12.2 Å². The van der Waals surface area contributed by atoms with Gasteiger partial charge >= 0.3 is 5.97 Å². The molecule has 1 aromatic heterocycles. The predicted octanol–water partition coefficient (Wildman–Crippen LogP) is 3.33. The number of carbonyl (C=O) groups excluding carboxylic acids is 1. The van der Waals surface area contributed by atoms with Gasteiger partial charge in [-0.15, -0.1) is 11.3 Å². The normalized spacial score (nSPS) is 11.0. The van der Waals surface area contributed by atoms with Gasteiger partial charge in [-0.2, -0.15) is 0 Å². The topological polar surface area (TPSA) is 42.4 Å². The van der Waals surface area contributed by atoms with Crippen molar-refractivity contribution in [3.63, 3.8) is 0 Å². The van der Waals surface area contributed by atoms with E-state index in [9.17, 15) is 13.6 Å². The molecule has 2 rings (SSSR count). The van der Waals surface area contributed by atoms with Crippen molar-refractivity contribution in [1.82, 2.24) is 9.88 Å². The quantitative estimate of drug-likeness (QED) is 0.791. The molecule has 7 heteroatoms. The minimum Gasteiger partial charge on any atom is -0.462 e. The Morgan fingerprint density at radius 3 is 2.50 bits per heavy atom. The van der Waals surface area contributed by atoms with Gasteiger partial charge in [-0.3, -0.25) is 0 Å². The van der Waals surface area contributed by atoms with Crippen molar-refractivity contribution in [2.75, 3.05) is 20.7 Å². The molecule has 0 amide bonds. The van der Waals surface area contributed by atoms with Gasteiger partial charge in [0, 0.05) is 6.54 Å². The summed E-state index contributed by atoms with van der Waals surface area (Å²) in [6, 6.07) is 3.61. The summed E-state index contributed by atoms with van der Waals surface area (Å²) in [5.41, 5.74) is 0.231. The van der Waals surface area contributed by atoms with E-state index in [-0.39, 0.29) is 22.1 Å². The fraction of sp³-hybridized carbons (Fsp3) is 0.333. The molecule has 0 radical (unpaired) electrons. The summed E-state index contributed by atoms with van der Waals surface area (Å²) >= 11 is 0.939. The van der Waals surface area contributed by atoms with Crippen molar-refractivity contribution in [1.29, 1.82) is 0 Å². The Morgan fingerprint density at radius 1 is 1.32 bits per heavy atom. The Kier molecular flexibility index (Phi) is 5.20. The summed E-state index contributed by atoms with van der Waals surface area (Å²) in [5, 5.41) is 0.135. The number of ether oxygens (including phenoxy) is 1. The molecule has 0 fully saturated rings. The molecule has 1 aromatic carbocycles. The van der Waals surface area contributed by atoms with Crippen LogP contribution in [0.2, 0.25) is 0 Å². The summed E-state index contributed by atoms with van der Waals surface area (Å²) in [6.07, 6.45) is 0. The van der Waals surface area contributed by atoms with Crippen LogP contribution in [0.4, 0.5) is 8.78 Å². The highest BCUT2D eigenvalue weighted by Crippen LogP contribution is 2.32. The number of hydrogen-bond donors (Lipinski definition) is 0. The van der Waals surface area contributed by atoms with Gasteiger partial charge in [0.05, 0.1) is 17.9 Å². The molecule has 0 aliphatic carbocycles. The monoisotopic (exact) mass is 326 g/mol. The van der Waals surface area contributed by atoms with Crippen molar-refractivity contribution in [2.45, 2.75) is 13.5 Å². The van der Waals surface area contributed by atoms with Gasteiger partial charge in [0.15, 0.2) is 0 Å². The molecule has 0 unspecified atom stereocenters. The van der Waals surface area contributed by atoms with Gasteiger partial charge in [-0.25, -0.2) is 18.6 Å². The van der Waals surface area contributed by atoms with Gasteiger partial charge < -0.3 is 9.64 Å². The Labute approximate surface area is 131 Å². The largest absolute Gasteiger partial charge is 0.462 e. The third kappa shape index (κ3) is 3.48. The SMILES string of the molecule is CCOC(=O)c1sc(-c2c(F)cccc2F)nc1CN(C)C. The summed E-state index contributed by atoms with van der Waals surface area (Å²) in [5.74, 6) is -1.94. The second-order valence-corrected chi connectivity index (χ2v) is 5.85. The molecule has 0 aliphatic heterocycles. The average molecular weight is 326 g/mol. The number of thiazole rings is 1. The number of rotatable bonds is 5. The highest BCUT2D eigenvalue weighted by molar-refractivity contribution is 7.17. The number of aromatic nitrogens is 1. The first-order valence-corrected chi connectivity index (χ1v) is 7.51. The van der Waals surface area contributed by atoms with Crippen LogP contribution >= 0.6 is 11.3 Å². The molecular weight excluding hydrogens is 310 g/mol. The Balaban J connectivity index is 2.52. The maximum atomic E-state index is 13.9. The molecule has 4 nitrogen and oxygen atoms in total. The predicted molar refractivity (Wildman–Crippen MR) is 80.8 cm³/mol. The standard InChI is InChI=1S/C15H16F2N2O2S/c1-4-21-15(20)13-11(8-19(2)3)18-14(22-13)12-9(16)6-5-7-10(12)17/h5-7H,4,8H2,1-3H3. The molecule has 22 heavy (non-hydrogen) atoms. The van der Waals surface area contributed by atoms with Crippen LogP contribution in [0.15, 0.2) is 18.2 Å². The Morgan fingerprint density at radius 2 is 1.95 bits per heavy atom. The fourth-order valence-corrected chi connectivity index (χ4v) is 2.94. The van der Waals surface area contributed by atoms with Crippen molar-refractivity contribution in [2.24, 2.45) is 0 Å². The molecule has 2 aromatic rings. The lowest BCUT2D eigenvalue weighted by molar-refractivity contribution is 0.0530. The second kappa shape index (κ2) is 6.93. The molecule has 0 saturated carbocycles. The maximum Gasteiger partial charge on any atom is 0.350 e. The smallest absolute Gasteiger partial charge is 0.350 e. The van der Waals surface area contributed by atoms with Crippen molar-refractivity contribution < 1.29 is 18.3 Å². The fourth-order valence-electron chi connectivity index (χ4n) is 1.92. The van der Waals surface area contributed by atoms with Crippen molar-refractivity contribution in [3.05, 3.63) is 40.4 Å². The molecule has 1 heterocycles. The lowest BCUT2D eigenvalue weighted by Crippen LogP contribution is -2.14. The van der Waals surface area contributed by atoms with Crippen molar-refractivity contribution in [3.8, 4) is 10.6 Å². The number of hydrogen-bond acceptors (Lipinski definition) is 5. The van der Waals surface area contributed by atoms with Crippen LogP contribution in [0.25, 0.3) is 10.6 Å². The number of nitrogens with zero attached hydrogens (tertiary/aromatic N) is 2. The van der Waals surface area contributed by atoms with E-state index in [2.05, 4.69) is 4.98 Å². The lowest BCUT2D eigenvalue weighted by Gasteiger charge is -2.08. The summed E-state index contributed by atoms with van der Waals surface area (Å²) < 4.78 is 32.8. The van der Waals surface area contributed by atoms with Crippen LogP contribution in [0.1, 0.15) is 22.3 Å². The minimum atomic E-state index is -0.708. The van der Waals surface area contributed by atoms with Crippen LogP contribution in [-0.2, 0) is 11.3 Å². The second-order valence-electron chi connectivity index (χ2n) is 4.85. The molecule has 0 bridgehead atoms. The Hall–Kier alpha value is -1.86. The highest BCUT2D eigenvalue weighted by atomic mass is 32.1. The van der Waals surface area contributed by atoms with E-state index in [0.717, 1.165) is 23.5 Å². The average Bonchev–Trinajstić information content (AvgIpc) is 2.81. The van der Waals surface area contributed by atoms with E-state index < -0.39 is 17.6 Å². The molecule has 0 aliphatic rings. The van der Waals surface area contributed by atoms with E-state index in [1.807, 2.05) is 19.0 Å². The van der Waals surface area contributed by atoms with Gasteiger partial charge in [0.25, 0.3) is 0 Å². The third-order valence-corrected chi connectivity index (χ3v) is 3.90. The van der Waals surface area contributed by atoms with Crippen LogP contribution in [-0.4, -0.2) is 36.6 Å². The molecule has 0 spiro atoms. The number of carbonyl (C=O) groups is 1. The zero-order valence-electron chi connectivity index (χ0n) is 12.5. The van der Waals surface area contributed by atoms with E-state index in [1.54, 1.807) is 6.92 Å². The first kappa shape index (κ1) is 16.5. The van der Waals surface area contributed by atoms with Crippen LogP contribution in [0, 0.1) is 11.6 Å². The molecule has 0 saturated heterocycles. The molecule has 0 N–H and O–H groups in total. The zero-order chi connectivity index (χ0) is 16.3.